The Morgan fingerprint density at radius 1 is 1.14 bits per heavy atom. The van der Waals surface area contributed by atoms with Gasteiger partial charge in [0, 0.05) is 0 Å². The SMILES string of the molecule is CSC(C)(C)NC(=O)N[C@H](C)c1cccc2ccccc12. The summed E-state index contributed by atoms with van der Waals surface area (Å²) in [6.45, 7) is 5.98. The van der Waals surface area contributed by atoms with Gasteiger partial charge in [-0.2, -0.15) is 0 Å². The highest BCUT2D eigenvalue weighted by Gasteiger charge is 2.20. The van der Waals surface area contributed by atoms with E-state index in [2.05, 4.69) is 34.9 Å². The van der Waals surface area contributed by atoms with E-state index in [9.17, 15) is 4.79 Å². The molecular weight excluding hydrogens is 280 g/mol. The molecule has 0 aliphatic rings. The fourth-order valence-electron chi connectivity index (χ4n) is 2.26. The van der Waals surface area contributed by atoms with Gasteiger partial charge in [0.1, 0.15) is 0 Å². The summed E-state index contributed by atoms with van der Waals surface area (Å²) in [4.78, 5) is 11.8. The molecule has 0 aliphatic carbocycles. The molecule has 0 radical (unpaired) electrons. The molecule has 4 heteroatoms. The Morgan fingerprint density at radius 2 is 1.81 bits per heavy atom. The molecule has 0 aliphatic heterocycles. The Labute approximate surface area is 130 Å². The van der Waals surface area contributed by atoms with Gasteiger partial charge in [0.2, 0.25) is 0 Å². The molecule has 0 bridgehead atoms. The summed E-state index contributed by atoms with van der Waals surface area (Å²) in [5.41, 5.74) is 1.13. The molecule has 2 rings (SSSR count). The molecule has 3 nitrogen and oxygen atoms in total. The smallest absolute Gasteiger partial charge is 0.316 e. The molecule has 0 aromatic heterocycles. The van der Waals surface area contributed by atoms with Crippen molar-refractivity contribution >= 4 is 28.6 Å². The Morgan fingerprint density at radius 3 is 2.52 bits per heavy atom. The lowest BCUT2D eigenvalue weighted by molar-refractivity contribution is 0.234. The monoisotopic (exact) mass is 302 g/mol. The van der Waals surface area contributed by atoms with E-state index in [0.29, 0.717) is 0 Å². The van der Waals surface area contributed by atoms with Crippen LogP contribution in [0.1, 0.15) is 32.4 Å². The van der Waals surface area contributed by atoms with Gasteiger partial charge in [-0.1, -0.05) is 42.5 Å². The molecule has 21 heavy (non-hydrogen) atoms. The summed E-state index contributed by atoms with van der Waals surface area (Å²) >= 11 is 1.61. The highest BCUT2D eigenvalue weighted by atomic mass is 32.2. The summed E-state index contributed by atoms with van der Waals surface area (Å²) < 4.78 is 0. The van der Waals surface area contributed by atoms with E-state index in [1.807, 2.05) is 45.2 Å². The standard InChI is InChI=1S/C17H22N2OS/c1-12(18-16(20)19-17(2,3)21-4)14-11-7-9-13-8-5-6-10-15(13)14/h5-12H,1-4H3,(H2,18,19,20)/t12-/m1/s1. The normalized spacial score (nSPS) is 13.0. The molecule has 0 saturated carbocycles. The maximum absolute atomic E-state index is 12.1. The average molecular weight is 302 g/mol. The van der Waals surface area contributed by atoms with Crippen LogP contribution in [-0.4, -0.2) is 17.2 Å². The Hall–Kier alpha value is -1.68. The molecule has 2 aromatic rings. The van der Waals surface area contributed by atoms with Crippen LogP contribution in [0.5, 0.6) is 0 Å². The first-order valence-corrected chi connectivity index (χ1v) is 8.27. The van der Waals surface area contributed by atoms with Crippen molar-refractivity contribution in [1.29, 1.82) is 0 Å². The number of thioether (sulfide) groups is 1. The minimum Gasteiger partial charge on any atom is -0.332 e. The number of benzene rings is 2. The number of urea groups is 1. The van der Waals surface area contributed by atoms with Gasteiger partial charge in [-0.15, -0.1) is 11.8 Å². The zero-order chi connectivity index (χ0) is 15.5. The van der Waals surface area contributed by atoms with E-state index in [1.165, 1.54) is 10.8 Å². The van der Waals surface area contributed by atoms with E-state index >= 15 is 0 Å². The lowest BCUT2D eigenvalue weighted by Crippen LogP contribution is -2.46. The van der Waals surface area contributed by atoms with Gasteiger partial charge >= 0.3 is 6.03 Å². The fourth-order valence-corrected chi connectivity index (χ4v) is 2.46. The number of amides is 2. The predicted octanol–water partition coefficient (Wildman–Crippen LogP) is 4.30. The summed E-state index contributed by atoms with van der Waals surface area (Å²) in [5.74, 6) is 0. The zero-order valence-corrected chi connectivity index (χ0v) is 13.8. The predicted molar refractivity (Wildman–Crippen MR) is 91.6 cm³/mol. The molecule has 0 saturated heterocycles. The van der Waals surface area contributed by atoms with Gasteiger partial charge in [0.15, 0.2) is 0 Å². The van der Waals surface area contributed by atoms with E-state index in [4.69, 9.17) is 0 Å². The largest absolute Gasteiger partial charge is 0.332 e. The first kappa shape index (κ1) is 15.7. The third-order valence-corrected chi connectivity index (χ3v) is 4.69. The summed E-state index contributed by atoms with van der Waals surface area (Å²) in [5, 5.41) is 8.35. The van der Waals surface area contributed by atoms with Crippen molar-refractivity contribution in [2.45, 2.75) is 31.7 Å². The first-order valence-electron chi connectivity index (χ1n) is 7.04. The summed E-state index contributed by atoms with van der Waals surface area (Å²) in [6, 6.07) is 14.2. The second-order valence-electron chi connectivity index (χ2n) is 5.60. The molecule has 112 valence electrons. The van der Waals surface area contributed by atoms with Crippen LogP contribution in [0.4, 0.5) is 4.79 Å². The van der Waals surface area contributed by atoms with Crippen LogP contribution in [0.2, 0.25) is 0 Å². The fraction of sp³-hybridized carbons (Fsp3) is 0.353. The van der Waals surface area contributed by atoms with Gasteiger partial charge in [0.25, 0.3) is 0 Å². The summed E-state index contributed by atoms with van der Waals surface area (Å²) in [6.07, 6.45) is 1.98. The van der Waals surface area contributed by atoms with Gasteiger partial charge in [-0.05, 0) is 43.4 Å². The van der Waals surface area contributed by atoms with Crippen LogP contribution >= 0.6 is 11.8 Å². The topological polar surface area (TPSA) is 41.1 Å². The van der Waals surface area contributed by atoms with Crippen molar-refractivity contribution < 1.29 is 4.79 Å². The molecule has 0 heterocycles. The third kappa shape index (κ3) is 3.91. The van der Waals surface area contributed by atoms with Crippen LogP contribution in [0.3, 0.4) is 0 Å². The van der Waals surface area contributed by atoms with Crippen molar-refractivity contribution in [3.8, 4) is 0 Å². The molecule has 2 N–H and O–H groups in total. The highest BCUT2D eigenvalue weighted by Crippen LogP contribution is 2.24. The van der Waals surface area contributed by atoms with Gasteiger partial charge < -0.3 is 10.6 Å². The van der Waals surface area contributed by atoms with E-state index < -0.39 is 0 Å². The zero-order valence-electron chi connectivity index (χ0n) is 12.9. The minimum atomic E-state index is -0.275. The van der Waals surface area contributed by atoms with Gasteiger partial charge in [-0.3, -0.25) is 0 Å². The lowest BCUT2D eigenvalue weighted by atomic mass is 10.00. The van der Waals surface area contributed by atoms with Crippen LogP contribution < -0.4 is 10.6 Å². The number of carbonyl (C=O) groups is 1. The number of hydrogen-bond donors (Lipinski definition) is 2. The van der Waals surface area contributed by atoms with Gasteiger partial charge in [-0.25, -0.2) is 4.79 Å². The number of carbonyl (C=O) groups excluding carboxylic acids is 1. The maximum Gasteiger partial charge on any atom is 0.316 e. The molecule has 1 atom stereocenters. The van der Waals surface area contributed by atoms with Gasteiger partial charge in [0.05, 0.1) is 10.9 Å². The van der Waals surface area contributed by atoms with Crippen LogP contribution in [0, 0.1) is 0 Å². The Balaban J connectivity index is 2.16. The summed E-state index contributed by atoms with van der Waals surface area (Å²) in [7, 11) is 0. The van der Waals surface area contributed by atoms with Crippen molar-refractivity contribution in [2.24, 2.45) is 0 Å². The second-order valence-corrected chi connectivity index (χ2v) is 7.03. The maximum atomic E-state index is 12.1. The van der Waals surface area contributed by atoms with Crippen LogP contribution in [0.15, 0.2) is 42.5 Å². The Kier molecular flexibility index (Phi) is 4.78. The van der Waals surface area contributed by atoms with Crippen molar-refractivity contribution in [1.82, 2.24) is 10.6 Å². The molecule has 0 spiro atoms. The second kappa shape index (κ2) is 6.39. The van der Waals surface area contributed by atoms with Crippen molar-refractivity contribution in [3.63, 3.8) is 0 Å². The Bertz CT molecular complexity index is 634. The highest BCUT2D eigenvalue weighted by molar-refractivity contribution is 7.99. The molecular formula is C17H22N2OS. The molecule has 0 unspecified atom stereocenters. The first-order chi connectivity index (χ1) is 9.93. The third-order valence-electron chi connectivity index (χ3n) is 3.56. The van der Waals surface area contributed by atoms with Crippen molar-refractivity contribution in [2.75, 3.05) is 6.26 Å². The van der Waals surface area contributed by atoms with E-state index in [0.717, 1.165) is 5.56 Å². The minimum absolute atomic E-state index is 0.0474. The molecule has 2 aromatic carbocycles. The number of fused-ring (bicyclic) bond motifs is 1. The molecule has 2 amide bonds. The van der Waals surface area contributed by atoms with Crippen LogP contribution in [0.25, 0.3) is 10.8 Å². The molecule has 0 fully saturated rings. The lowest BCUT2D eigenvalue weighted by Gasteiger charge is -2.25. The van der Waals surface area contributed by atoms with E-state index in [-0.39, 0.29) is 16.9 Å². The number of nitrogens with one attached hydrogen (secondary N) is 2. The average Bonchev–Trinajstić information content (AvgIpc) is 2.46. The van der Waals surface area contributed by atoms with Crippen LogP contribution in [-0.2, 0) is 0 Å². The van der Waals surface area contributed by atoms with Crippen molar-refractivity contribution in [3.05, 3.63) is 48.0 Å². The quantitative estimate of drug-likeness (QED) is 0.827. The number of hydrogen-bond acceptors (Lipinski definition) is 2. The van der Waals surface area contributed by atoms with E-state index in [1.54, 1.807) is 11.8 Å². The number of rotatable bonds is 4.